The van der Waals surface area contributed by atoms with Crippen molar-refractivity contribution >= 4 is 46.2 Å². The maximum absolute atomic E-state index is 6.19. The number of pyridine rings is 2. The fourth-order valence-corrected chi connectivity index (χ4v) is 6.42. The normalized spacial score (nSPS) is 11.7. The summed E-state index contributed by atoms with van der Waals surface area (Å²) in [5.74, 6) is 0. The summed E-state index contributed by atoms with van der Waals surface area (Å²) in [7, 11) is 0. The van der Waals surface area contributed by atoms with E-state index in [1.165, 1.54) is 30.8 Å². The van der Waals surface area contributed by atoms with Crippen LogP contribution in [0.1, 0.15) is 16.8 Å². The van der Waals surface area contributed by atoms with E-state index in [2.05, 4.69) is 73.4 Å². The van der Waals surface area contributed by atoms with E-state index >= 15 is 0 Å². The molecule has 31 heavy (non-hydrogen) atoms. The Labute approximate surface area is 186 Å². The Kier molecular flexibility index (Phi) is 4.14. The van der Waals surface area contributed by atoms with Crippen LogP contribution in [0.4, 0.5) is 0 Å². The zero-order chi connectivity index (χ0) is 21.1. The van der Waals surface area contributed by atoms with E-state index in [1.54, 1.807) is 0 Å². The Hall–Kier alpha value is -3.20. The number of aromatic nitrogens is 2. The van der Waals surface area contributed by atoms with Gasteiger partial charge in [0.05, 0.1) is 0 Å². The molecule has 3 nitrogen and oxygen atoms in total. The quantitative estimate of drug-likeness (QED) is 0.262. The van der Waals surface area contributed by atoms with Crippen molar-refractivity contribution in [2.45, 2.75) is 20.8 Å². The average molecular weight is 467 g/mol. The molecule has 0 atom stereocenters. The second-order valence-corrected chi connectivity index (χ2v) is 10.5. The maximum atomic E-state index is 6.19. The van der Waals surface area contributed by atoms with Gasteiger partial charge in [-0.3, -0.25) is 0 Å². The fourth-order valence-electron chi connectivity index (χ4n) is 4.33. The first-order valence-corrected chi connectivity index (χ1v) is 12.0. The van der Waals surface area contributed by atoms with Gasteiger partial charge in [-0.2, -0.15) is 0 Å². The molecule has 4 aromatic heterocycles. The molecule has 4 heterocycles. The summed E-state index contributed by atoms with van der Waals surface area (Å²) >= 11 is 0.272. The number of para-hydroxylation sites is 1. The molecule has 0 aliphatic carbocycles. The molecule has 0 radical (unpaired) electrons. The molecule has 0 N–H and O–H groups in total. The van der Waals surface area contributed by atoms with E-state index in [0.29, 0.717) is 5.71 Å². The Morgan fingerprint density at radius 3 is 2.52 bits per heavy atom. The first-order valence-electron chi connectivity index (χ1n) is 10.3. The zero-order valence-corrected chi connectivity index (χ0v) is 19.3. The molecule has 0 aliphatic rings. The van der Waals surface area contributed by atoms with Crippen molar-refractivity contribution in [2.24, 2.45) is 0 Å². The Bertz CT molecular complexity index is 1600. The molecule has 2 aromatic carbocycles. The second kappa shape index (κ2) is 6.91. The second-order valence-electron chi connectivity index (χ2n) is 8.18. The van der Waals surface area contributed by atoms with Gasteiger partial charge in [0.1, 0.15) is 0 Å². The van der Waals surface area contributed by atoms with Gasteiger partial charge in [-0.05, 0) is 0 Å². The molecule has 4 heteroatoms. The van der Waals surface area contributed by atoms with Gasteiger partial charge in [0.25, 0.3) is 0 Å². The third kappa shape index (κ3) is 3.11. The van der Waals surface area contributed by atoms with Crippen LogP contribution in [0.25, 0.3) is 53.0 Å². The van der Waals surface area contributed by atoms with Crippen LogP contribution >= 0.6 is 0 Å². The van der Waals surface area contributed by atoms with E-state index in [0.717, 1.165) is 33.3 Å². The van der Waals surface area contributed by atoms with Gasteiger partial charge in [0.2, 0.25) is 0 Å². The monoisotopic (exact) mass is 468 g/mol. The van der Waals surface area contributed by atoms with E-state index in [-0.39, 0.29) is 14.5 Å². The third-order valence-corrected chi connectivity index (χ3v) is 8.07. The molecular formula is C27H20N2OSe. The summed E-state index contributed by atoms with van der Waals surface area (Å²) in [6.07, 6.45) is 2.04. The molecule has 0 saturated carbocycles. The number of hydrogen-bond donors (Lipinski definition) is 0. The van der Waals surface area contributed by atoms with Crippen LogP contribution in [0.5, 0.6) is 0 Å². The number of fused-ring (bicyclic) bond motifs is 4. The van der Waals surface area contributed by atoms with Gasteiger partial charge in [0.15, 0.2) is 0 Å². The first-order chi connectivity index (χ1) is 15.0. The van der Waals surface area contributed by atoms with Crippen molar-refractivity contribution in [1.82, 2.24) is 9.97 Å². The Morgan fingerprint density at radius 1 is 0.839 bits per heavy atom. The molecule has 0 spiro atoms. The van der Waals surface area contributed by atoms with E-state index in [1.807, 2.05) is 19.2 Å². The van der Waals surface area contributed by atoms with Crippen molar-refractivity contribution in [2.75, 3.05) is 0 Å². The number of hydrogen-bond acceptors (Lipinski definition) is 3. The molecule has 0 bridgehead atoms. The summed E-state index contributed by atoms with van der Waals surface area (Å²) in [6.45, 7) is 6.31. The summed E-state index contributed by atoms with van der Waals surface area (Å²) in [5.41, 5.74) is 8.38. The van der Waals surface area contributed by atoms with Gasteiger partial charge in [-0.15, -0.1) is 0 Å². The predicted octanol–water partition coefficient (Wildman–Crippen LogP) is 6.85. The van der Waals surface area contributed by atoms with Gasteiger partial charge in [-0.1, -0.05) is 0 Å². The number of aryl methyl sites for hydroxylation is 3. The topological polar surface area (TPSA) is 38.9 Å². The van der Waals surface area contributed by atoms with Crippen molar-refractivity contribution in [1.29, 1.82) is 0 Å². The summed E-state index contributed by atoms with van der Waals surface area (Å²) in [4.78, 5) is 9.39. The molecule has 0 amide bonds. The summed E-state index contributed by atoms with van der Waals surface area (Å²) in [6, 6.07) is 21.7. The van der Waals surface area contributed by atoms with Crippen LogP contribution in [0.15, 0.2) is 71.3 Å². The van der Waals surface area contributed by atoms with Crippen LogP contribution in [0.2, 0.25) is 0 Å². The van der Waals surface area contributed by atoms with E-state index in [9.17, 15) is 0 Å². The van der Waals surface area contributed by atoms with Crippen LogP contribution < -0.4 is 0 Å². The van der Waals surface area contributed by atoms with Gasteiger partial charge in [-0.25, -0.2) is 0 Å². The molecular weight excluding hydrogens is 447 g/mol. The number of nitrogens with zero attached hydrogens (tertiary/aromatic N) is 2. The van der Waals surface area contributed by atoms with E-state index < -0.39 is 0 Å². The van der Waals surface area contributed by atoms with Gasteiger partial charge in [0, 0.05) is 0 Å². The minimum atomic E-state index is 0.272. The van der Waals surface area contributed by atoms with Crippen molar-refractivity contribution in [3.8, 4) is 21.3 Å². The molecule has 6 rings (SSSR count). The van der Waals surface area contributed by atoms with Crippen LogP contribution in [0.3, 0.4) is 0 Å². The predicted molar refractivity (Wildman–Crippen MR) is 129 cm³/mol. The van der Waals surface area contributed by atoms with Gasteiger partial charge >= 0.3 is 186 Å². The van der Waals surface area contributed by atoms with E-state index in [4.69, 9.17) is 9.40 Å². The molecule has 6 aromatic rings. The number of furan rings is 1. The fraction of sp³-hybridized carbons (Fsp3) is 0.111. The third-order valence-electron chi connectivity index (χ3n) is 5.69. The molecule has 0 saturated heterocycles. The zero-order valence-electron chi connectivity index (χ0n) is 17.6. The summed E-state index contributed by atoms with van der Waals surface area (Å²) in [5, 5.41) is 3.39. The molecule has 0 fully saturated rings. The Morgan fingerprint density at radius 2 is 1.68 bits per heavy atom. The molecule has 0 unspecified atom stereocenters. The van der Waals surface area contributed by atoms with Crippen molar-refractivity contribution in [3.63, 3.8) is 0 Å². The summed E-state index contributed by atoms with van der Waals surface area (Å²) < 4.78 is 8.94. The molecule has 0 aliphatic heterocycles. The van der Waals surface area contributed by atoms with Crippen LogP contribution in [-0.4, -0.2) is 24.5 Å². The number of rotatable bonds is 2. The SMILES string of the molecule is Cc1cc(C)cc(-c2cc3cc(-c4cccc5c4oc4nc(C)ccc45)ncc3[se]2)c1. The Balaban J connectivity index is 1.52. The van der Waals surface area contributed by atoms with Crippen LogP contribution in [-0.2, 0) is 0 Å². The standard InChI is InChI=1S/C27H20N2OSe/c1-15-9-16(2)11-18(10-15)24-13-19-12-23(28-14-25(19)31-24)22-6-4-5-20-21-8-7-17(3)29-27(21)30-26(20)22/h4-14H,1-3H3. The minimum absolute atomic E-state index is 0.272. The number of benzene rings is 2. The van der Waals surface area contributed by atoms with Gasteiger partial charge < -0.3 is 0 Å². The first kappa shape index (κ1) is 18.6. The van der Waals surface area contributed by atoms with Crippen molar-refractivity contribution in [3.05, 3.63) is 83.7 Å². The van der Waals surface area contributed by atoms with Crippen LogP contribution in [0, 0.1) is 20.8 Å². The van der Waals surface area contributed by atoms with Crippen molar-refractivity contribution < 1.29 is 4.42 Å². The average Bonchev–Trinajstić information content (AvgIpc) is 3.33. The molecule has 150 valence electrons.